The third-order valence-electron chi connectivity index (χ3n) is 5.80. The summed E-state index contributed by atoms with van der Waals surface area (Å²) in [7, 11) is -4.08. The van der Waals surface area contributed by atoms with Gasteiger partial charge in [0.05, 0.1) is 4.90 Å². The van der Waals surface area contributed by atoms with Gasteiger partial charge in [-0.1, -0.05) is 12.1 Å². The lowest BCUT2D eigenvalue weighted by Crippen LogP contribution is -2.48. The summed E-state index contributed by atoms with van der Waals surface area (Å²) in [5.74, 6) is 2.63. The third kappa shape index (κ3) is 1.92. The molecule has 0 amide bonds. The Morgan fingerprint density at radius 2 is 1.35 bits per heavy atom. The highest BCUT2D eigenvalue weighted by atomic mass is 32.2. The number of benzene rings is 1. The molecule has 0 radical (unpaired) electrons. The molecule has 4 heteroatoms. The smallest absolute Gasteiger partial charge is 0.282 e. The molecule has 0 aliphatic heterocycles. The minimum Gasteiger partial charge on any atom is -0.282 e. The fraction of sp³-hybridized carbons (Fsp3) is 0.625. The molecule has 0 heterocycles. The molecule has 1 aromatic carbocycles. The molecule has 4 aliphatic carbocycles. The van der Waals surface area contributed by atoms with Gasteiger partial charge in [0.1, 0.15) is 0 Å². The molecular weight excluding hydrogens is 272 g/mol. The average molecular weight is 292 g/mol. The molecule has 0 unspecified atom stereocenters. The minimum absolute atomic E-state index is 0.00554. The molecule has 1 N–H and O–H groups in total. The van der Waals surface area contributed by atoms with Crippen LogP contribution in [0.5, 0.6) is 0 Å². The standard InChI is InChI=1S/C16H20O3S/c17-20(18,19)15-3-1-14(2-4-15)16-8-11-5-12(9-16)7-13(6-11)10-16/h1-4,11-13H,5-10H2,(H,17,18,19). The minimum atomic E-state index is -4.08. The summed E-state index contributed by atoms with van der Waals surface area (Å²) in [6.07, 6.45) is 8.02. The summed E-state index contributed by atoms with van der Waals surface area (Å²) in [4.78, 5) is 0.00554. The molecule has 0 saturated heterocycles. The van der Waals surface area contributed by atoms with Crippen LogP contribution in [0.2, 0.25) is 0 Å². The van der Waals surface area contributed by atoms with E-state index in [9.17, 15) is 8.42 Å². The first-order chi connectivity index (χ1) is 9.45. The first-order valence-electron chi connectivity index (χ1n) is 7.53. The molecule has 0 atom stereocenters. The van der Waals surface area contributed by atoms with Gasteiger partial charge in [-0.05, 0) is 79.4 Å². The van der Waals surface area contributed by atoms with Crippen molar-refractivity contribution in [1.29, 1.82) is 0 Å². The van der Waals surface area contributed by atoms with Gasteiger partial charge < -0.3 is 0 Å². The van der Waals surface area contributed by atoms with Crippen LogP contribution in [0.25, 0.3) is 0 Å². The fourth-order valence-electron chi connectivity index (χ4n) is 5.44. The van der Waals surface area contributed by atoms with Crippen molar-refractivity contribution in [2.75, 3.05) is 0 Å². The summed E-state index contributed by atoms with van der Waals surface area (Å²) in [6.45, 7) is 0. The van der Waals surface area contributed by atoms with Crippen molar-refractivity contribution >= 4 is 10.1 Å². The Morgan fingerprint density at radius 3 is 1.75 bits per heavy atom. The zero-order valence-electron chi connectivity index (χ0n) is 11.5. The summed E-state index contributed by atoms with van der Waals surface area (Å²) >= 11 is 0. The van der Waals surface area contributed by atoms with Crippen molar-refractivity contribution in [3.63, 3.8) is 0 Å². The molecule has 20 heavy (non-hydrogen) atoms. The van der Waals surface area contributed by atoms with Gasteiger partial charge in [0.15, 0.2) is 0 Å². The Hall–Kier alpha value is -0.870. The van der Waals surface area contributed by atoms with E-state index in [-0.39, 0.29) is 10.3 Å². The Morgan fingerprint density at radius 1 is 0.900 bits per heavy atom. The maximum Gasteiger partial charge on any atom is 0.294 e. The molecule has 4 aliphatic rings. The summed E-state index contributed by atoms with van der Waals surface area (Å²) in [6, 6.07) is 6.97. The molecule has 4 saturated carbocycles. The van der Waals surface area contributed by atoms with Crippen LogP contribution in [-0.4, -0.2) is 13.0 Å². The fourth-order valence-corrected chi connectivity index (χ4v) is 5.92. The second-order valence-corrected chi connectivity index (χ2v) is 8.62. The van der Waals surface area contributed by atoms with Gasteiger partial charge in [0.2, 0.25) is 0 Å². The molecule has 4 bridgehead atoms. The molecule has 108 valence electrons. The Labute approximate surface area is 120 Å². The topological polar surface area (TPSA) is 54.4 Å². The van der Waals surface area contributed by atoms with Gasteiger partial charge in [-0.2, -0.15) is 8.42 Å². The number of hydrogen-bond acceptors (Lipinski definition) is 2. The Balaban J connectivity index is 1.70. The molecule has 0 spiro atoms. The van der Waals surface area contributed by atoms with Crippen molar-refractivity contribution in [2.24, 2.45) is 17.8 Å². The van der Waals surface area contributed by atoms with Gasteiger partial charge in [0.25, 0.3) is 10.1 Å². The van der Waals surface area contributed by atoms with Crippen LogP contribution in [-0.2, 0) is 15.5 Å². The monoisotopic (exact) mass is 292 g/mol. The van der Waals surface area contributed by atoms with E-state index in [0.29, 0.717) is 0 Å². The van der Waals surface area contributed by atoms with E-state index >= 15 is 0 Å². The molecule has 5 rings (SSSR count). The van der Waals surface area contributed by atoms with E-state index in [0.717, 1.165) is 17.8 Å². The van der Waals surface area contributed by atoms with Crippen molar-refractivity contribution < 1.29 is 13.0 Å². The highest BCUT2D eigenvalue weighted by Crippen LogP contribution is 2.60. The van der Waals surface area contributed by atoms with E-state index in [1.165, 1.54) is 44.1 Å². The van der Waals surface area contributed by atoms with Crippen LogP contribution in [0, 0.1) is 17.8 Å². The Kier molecular flexibility index (Phi) is 2.62. The van der Waals surface area contributed by atoms with Crippen LogP contribution in [0.3, 0.4) is 0 Å². The first-order valence-corrected chi connectivity index (χ1v) is 8.97. The van der Waals surface area contributed by atoms with Crippen LogP contribution in [0.4, 0.5) is 0 Å². The van der Waals surface area contributed by atoms with Crippen molar-refractivity contribution in [1.82, 2.24) is 0 Å². The zero-order chi connectivity index (χ0) is 14.0. The van der Waals surface area contributed by atoms with Gasteiger partial charge in [-0.15, -0.1) is 0 Å². The average Bonchev–Trinajstić information content (AvgIpc) is 2.36. The van der Waals surface area contributed by atoms with E-state index < -0.39 is 10.1 Å². The number of hydrogen-bond donors (Lipinski definition) is 1. The number of rotatable bonds is 2. The Bertz CT molecular complexity index is 595. The first kappa shape index (κ1) is 12.8. The van der Waals surface area contributed by atoms with Gasteiger partial charge >= 0.3 is 0 Å². The van der Waals surface area contributed by atoms with E-state index in [1.54, 1.807) is 12.1 Å². The third-order valence-corrected chi connectivity index (χ3v) is 6.67. The molecule has 0 aromatic heterocycles. The predicted octanol–water partition coefficient (Wildman–Crippen LogP) is 3.40. The van der Waals surface area contributed by atoms with Gasteiger partial charge in [-0.3, -0.25) is 4.55 Å². The van der Waals surface area contributed by atoms with Crippen LogP contribution >= 0.6 is 0 Å². The van der Waals surface area contributed by atoms with Crippen molar-refractivity contribution in [3.05, 3.63) is 29.8 Å². The van der Waals surface area contributed by atoms with Gasteiger partial charge in [0, 0.05) is 0 Å². The van der Waals surface area contributed by atoms with E-state index in [2.05, 4.69) is 0 Å². The highest BCUT2D eigenvalue weighted by molar-refractivity contribution is 7.85. The van der Waals surface area contributed by atoms with Gasteiger partial charge in [-0.25, -0.2) is 0 Å². The van der Waals surface area contributed by atoms with Crippen LogP contribution < -0.4 is 0 Å². The van der Waals surface area contributed by atoms with Crippen molar-refractivity contribution in [2.45, 2.75) is 48.8 Å². The summed E-state index contributed by atoms with van der Waals surface area (Å²) in [5.41, 5.74) is 1.57. The second kappa shape index (κ2) is 4.08. The molecule has 3 nitrogen and oxygen atoms in total. The SMILES string of the molecule is O=S(=O)(O)c1ccc(C23CC4CC(CC(C4)C2)C3)cc1. The summed E-state index contributed by atoms with van der Waals surface area (Å²) < 4.78 is 31.4. The van der Waals surface area contributed by atoms with Crippen LogP contribution in [0.15, 0.2) is 29.2 Å². The molecule has 1 aromatic rings. The van der Waals surface area contributed by atoms with Crippen LogP contribution in [0.1, 0.15) is 44.1 Å². The predicted molar refractivity (Wildman–Crippen MR) is 76.1 cm³/mol. The van der Waals surface area contributed by atoms with Crippen molar-refractivity contribution in [3.8, 4) is 0 Å². The highest BCUT2D eigenvalue weighted by Gasteiger charge is 2.51. The molecular formula is C16H20O3S. The zero-order valence-corrected chi connectivity index (χ0v) is 12.3. The normalized spacial score (nSPS) is 39.1. The lowest BCUT2D eigenvalue weighted by Gasteiger charge is -2.57. The quantitative estimate of drug-likeness (QED) is 0.850. The second-order valence-electron chi connectivity index (χ2n) is 7.20. The molecule has 4 fully saturated rings. The maximum atomic E-state index is 11.1. The lowest BCUT2D eigenvalue weighted by molar-refractivity contribution is -0.00521. The largest absolute Gasteiger partial charge is 0.294 e. The summed E-state index contributed by atoms with van der Waals surface area (Å²) in [5, 5.41) is 0. The maximum absolute atomic E-state index is 11.1. The lowest BCUT2D eigenvalue weighted by atomic mass is 9.48. The van der Waals surface area contributed by atoms with E-state index in [4.69, 9.17) is 4.55 Å². The van der Waals surface area contributed by atoms with E-state index in [1.807, 2.05) is 12.1 Å².